The van der Waals surface area contributed by atoms with Gasteiger partial charge in [-0.3, -0.25) is 4.79 Å². The van der Waals surface area contributed by atoms with Crippen molar-refractivity contribution in [2.75, 3.05) is 31.2 Å². The van der Waals surface area contributed by atoms with Gasteiger partial charge < -0.3 is 14.4 Å². The van der Waals surface area contributed by atoms with Crippen molar-refractivity contribution in [3.05, 3.63) is 106 Å². The lowest BCUT2D eigenvalue weighted by molar-refractivity contribution is -0.428. The minimum absolute atomic E-state index is 0.153. The van der Waals surface area contributed by atoms with Gasteiger partial charge in [-0.15, -0.1) is 0 Å². The summed E-state index contributed by atoms with van der Waals surface area (Å²) >= 11 is 7.11. The summed E-state index contributed by atoms with van der Waals surface area (Å²) in [6.07, 6.45) is 11.2. The summed E-state index contributed by atoms with van der Waals surface area (Å²) in [4.78, 5) is 27.3. The lowest BCUT2D eigenvalue weighted by atomic mass is 9.81. The van der Waals surface area contributed by atoms with Gasteiger partial charge in [0.2, 0.25) is 12.2 Å². The minimum atomic E-state index is -0.296. The van der Waals surface area contributed by atoms with E-state index in [1.165, 1.54) is 11.1 Å². The molecular formula is C38H44ClN2O4+. The largest absolute Gasteiger partial charge is 0.465 e. The van der Waals surface area contributed by atoms with Crippen LogP contribution in [-0.4, -0.2) is 48.5 Å². The van der Waals surface area contributed by atoms with Crippen molar-refractivity contribution in [3.63, 3.8) is 0 Å². The third kappa shape index (κ3) is 6.30. The van der Waals surface area contributed by atoms with Crippen molar-refractivity contribution in [1.82, 2.24) is 0 Å². The van der Waals surface area contributed by atoms with Crippen LogP contribution in [0.25, 0.3) is 0 Å². The molecule has 0 radical (unpaired) electrons. The van der Waals surface area contributed by atoms with E-state index >= 15 is 0 Å². The Bertz CT molecular complexity index is 1660. The number of hydrogen-bond donors (Lipinski definition) is 0. The highest BCUT2D eigenvalue weighted by atomic mass is 35.5. The molecule has 45 heavy (non-hydrogen) atoms. The predicted octanol–water partition coefficient (Wildman–Crippen LogP) is 8.03. The van der Waals surface area contributed by atoms with Gasteiger partial charge >= 0.3 is 11.9 Å². The van der Waals surface area contributed by atoms with Crippen LogP contribution in [0.2, 0.25) is 0 Å². The number of carbonyl (C=O) groups is 2. The van der Waals surface area contributed by atoms with Gasteiger partial charge in [-0.25, -0.2) is 4.79 Å². The molecule has 7 heteroatoms. The Hall–Kier alpha value is -3.90. The summed E-state index contributed by atoms with van der Waals surface area (Å²) in [5, 5.41) is 0.755. The average molecular weight is 628 g/mol. The van der Waals surface area contributed by atoms with Crippen molar-refractivity contribution in [1.29, 1.82) is 0 Å². The summed E-state index contributed by atoms with van der Waals surface area (Å²) in [7, 11) is 0. The first-order valence-electron chi connectivity index (χ1n) is 15.9. The van der Waals surface area contributed by atoms with Crippen LogP contribution in [0.1, 0.15) is 71.9 Å². The summed E-state index contributed by atoms with van der Waals surface area (Å²) in [6, 6.07) is 16.5. The average Bonchev–Trinajstić information content (AvgIpc) is 3.35. The number of nitrogens with zero attached hydrogens (tertiary/aromatic N) is 2. The summed E-state index contributed by atoms with van der Waals surface area (Å²) < 4.78 is 12.7. The minimum Gasteiger partial charge on any atom is -0.465 e. The molecule has 6 nitrogen and oxygen atoms in total. The standard InChI is InChI=1S/C38H44ClN2O4/c1-7-44-34(42)24-40-30-18-11-9-16-28(30)37(3,4)32(40)22-20-26-14-13-15-27(36(26)39)21-23-33-38(5,6)29-17-10-12-19-31(29)41(33)25-35(43)45-8-2/h9-12,16-23H,7-8,13-15,24-25H2,1-6H3/q+1. The third-order valence-corrected chi connectivity index (χ3v) is 9.61. The van der Waals surface area contributed by atoms with Crippen molar-refractivity contribution < 1.29 is 23.6 Å². The Morgan fingerprint density at radius 3 is 2.27 bits per heavy atom. The molecule has 0 saturated carbocycles. The van der Waals surface area contributed by atoms with E-state index < -0.39 is 0 Å². The van der Waals surface area contributed by atoms with Gasteiger partial charge in [0.05, 0.1) is 18.6 Å². The zero-order valence-corrected chi connectivity index (χ0v) is 28.0. The summed E-state index contributed by atoms with van der Waals surface area (Å²) in [5.74, 6) is -0.504. The molecule has 3 aliphatic rings. The Labute approximate surface area is 272 Å². The first-order chi connectivity index (χ1) is 21.5. The van der Waals surface area contributed by atoms with E-state index in [9.17, 15) is 9.59 Å². The second-order valence-corrected chi connectivity index (χ2v) is 13.1. The van der Waals surface area contributed by atoms with E-state index in [0.29, 0.717) is 13.2 Å². The van der Waals surface area contributed by atoms with E-state index in [1.54, 1.807) is 0 Å². The van der Waals surface area contributed by atoms with Crippen LogP contribution in [0.5, 0.6) is 0 Å². The van der Waals surface area contributed by atoms with Crippen LogP contribution in [0.3, 0.4) is 0 Å². The van der Waals surface area contributed by atoms with Crippen molar-refractivity contribution in [2.24, 2.45) is 0 Å². The number of allylic oxidation sites excluding steroid dienone is 8. The number of esters is 2. The van der Waals surface area contributed by atoms with Gasteiger partial charge in [0.25, 0.3) is 0 Å². The SMILES string of the molecule is CCOC(=O)CN1/C(=C/C=C2\CCCC(/C=C/C3=[N+](CC(=O)OCC)c4ccccc4C3(C)C)=C2Cl)C(C)(C)c2ccccc21. The van der Waals surface area contributed by atoms with Crippen molar-refractivity contribution in [3.8, 4) is 0 Å². The summed E-state index contributed by atoms with van der Waals surface area (Å²) in [5.41, 5.74) is 8.03. The normalized spacial score (nSPS) is 20.3. The number of fused-ring (bicyclic) bond motifs is 2. The molecule has 0 aromatic heterocycles. The highest BCUT2D eigenvalue weighted by Gasteiger charge is 2.45. The van der Waals surface area contributed by atoms with Crippen LogP contribution in [-0.2, 0) is 29.9 Å². The number of para-hydroxylation sites is 2. The van der Waals surface area contributed by atoms with Gasteiger partial charge in [0, 0.05) is 39.5 Å². The fourth-order valence-corrected chi connectivity index (χ4v) is 7.18. The molecule has 2 aromatic carbocycles. The Kier molecular flexibility index (Phi) is 9.54. The van der Waals surface area contributed by atoms with Crippen molar-refractivity contribution in [2.45, 2.75) is 71.6 Å². The fraction of sp³-hybridized carbons (Fsp3) is 0.395. The maximum absolute atomic E-state index is 12.6. The molecular weight excluding hydrogens is 584 g/mol. The van der Waals surface area contributed by atoms with E-state index in [4.69, 9.17) is 21.1 Å². The lowest BCUT2D eigenvalue weighted by Crippen LogP contribution is -2.31. The predicted molar refractivity (Wildman–Crippen MR) is 181 cm³/mol. The zero-order chi connectivity index (χ0) is 32.4. The van der Waals surface area contributed by atoms with E-state index in [1.807, 2.05) is 38.1 Å². The molecule has 0 fully saturated rings. The van der Waals surface area contributed by atoms with E-state index in [0.717, 1.165) is 58.2 Å². The second-order valence-electron chi connectivity index (χ2n) is 12.7. The Morgan fingerprint density at radius 2 is 1.53 bits per heavy atom. The van der Waals surface area contributed by atoms with E-state index in [-0.39, 0.29) is 35.9 Å². The van der Waals surface area contributed by atoms with Gasteiger partial charge in [-0.05, 0) is 75.8 Å². The number of anilines is 1. The van der Waals surface area contributed by atoms with Crippen LogP contribution in [0.15, 0.2) is 94.7 Å². The maximum Gasteiger partial charge on any atom is 0.372 e. The highest BCUT2D eigenvalue weighted by Crippen LogP contribution is 2.48. The number of ether oxygens (including phenoxy) is 2. The number of benzene rings is 2. The van der Waals surface area contributed by atoms with Crippen LogP contribution < -0.4 is 4.90 Å². The molecule has 0 saturated heterocycles. The molecule has 2 heterocycles. The number of carbonyl (C=O) groups excluding carboxylic acids is 2. The quantitative estimate of drug-likeness (QED) is 0.208. The molecule has 0 N–H and O–H groups in total. The molecule has 2 aliphatic heterocycles. The molecule has 2 aromatic rings. The van der Waals surface area contributed by atoms with Gasteiger partial charge in [0.15, 0.2) is 5.71 Å². The third-order valence-electron chi connectivity index (χ3n) is 9.12. The molecule has 0 bridgehead atoms. The molecule has 0 atom stereocenters. The van der Waals surface area contributed by atoms with E-state index in [2.05, 4.69) is 85.7 Å². The number of rotatable bonds is 9. The number of halogens is 1. The highest BCUT2D eigenvalue weighted by molar-refractivity contribution is 6.32. The fourth-order valence-electron chi connectivity index (χ4n) is 6.86. The van der Waals surface area contributed by atoms with Crippen LogP contribution in [0, 0.1) is 0 Å². The van der Waals surface area contributed by atoms with Gasteiger partial charge in [-0.1, -0.05) is 74.0 Å². The first kappa shape index (κ1) is 32.5. The summed E-state index contributed by atoms with van der Waals surface area (Å²) in [6.45, 7) is 13.4. The van der Waals surface area contributed by atoms with Crippen LogP contribution >= 0.6 is 11.6 Å². The lowest BCUT2D eigenvalue weighted by Gasteiger charge is -2.26. The van der Waals surface area contributed by atoms with Crippen molar-refractivity contribution >= 4 is 40.6 Å². The monoisotopic (exact) mass is 627 g/mol. The first-order valence-corrected chi connectivity index (χ1v) is 16.3. The maximum atomic E-state index is 12.6. The van der Waals surface area contributed by atoms with Gasteiger partial charge in [-0.2, -0.15) is 4.58 Å². The topological polar surface area (TPSA) is 58.8 Å². The molecule has 5 rings (SSSR count). The zero-order valence-electron chi connectivity index (χ0n) is 27.3. The molecule has 1 aliphatic carbocycles. The smallest absolute Gasteiger partial charge is 0.372 e. The second kappa shape index (κ2) is 13.2. The molecule has 0 amide bonds. The Balaban J connectivity index is 1.50. The van der Waals surface area contributed by atoms with Gasteiger partial charge in [0.1, 0.15) is 6.54 Å². The molecule has 0 unspecified atom stereocenters. The van der Waals surface area contributed by atoms with Crippen LogP contribution in [0.4, 0.5) is 11.4 Å². The Morgan fingerprint density at radius 1 is 0.867 bits per heavy atom. The molecule has 236 valence electrons. The number of hydrogen-bond acceptors (Lipinski definition) is 5. The molecule has 0 spiro atoms.